The first-order valence-corrected chi connectivity index (χ1v) is 6.46. The Bertz CT molecular complexity index is 390. The zero-order valence-corrected chi connectivity index (χ0v) is 11.6. The summed E-state index contributed by atoms with van der Waals surface area (Å²) in [7, 11) is 0. The van der Waals surface area contributed by atoms with E-state index in [1.165, 1.54) is 12.3 Å². The highest BCUT2D eigenvalue weighted by atomic mass is 35.5. The Kier molecular flexibility index (Phi) is 5.72. The molecule has 0 aliphatic carbocycles. The maximum Gasteiger partial charge on any atom is 0.255 e. The molecular weight excluding hydrogens is 259 g/mol. The van der Waals surface area contributed by atoms with E-state index in [2.05, 4.69) is 4.98 Å². The molecule has 1 amide bonds. The van der Waals surface area contributed by atoms with Gasteiger partial charge in [0, 0.05) is 19.3 Å². The van der Waals surface area contributed by atoms with Crippen molar-refractivity contribution in [3.63, 3.8) is 0 Å². The van der Waals surface area contributed by atoms with E-state index in [4.69, 9.17) is 23.2 Å². The summed E-state index contributed by atoms with van der Waals surface area (Å²) < 4.78 is 0. The molecule has 0 spiro atoms. The minimum absolute atomic E-state index is 0.0806. The number of nitrogens with zero attached hydrogens (tertiary/aromatic N) is 2. The van der Waals surface area contributed by atoms with Crippen LogP contribution in [0.1, 0.15) is 37.0 Å². The van der Waals surface area contributed by atoms with Crippen LogP contribution in [0.15, 0.2) is 12.3 Å². The van der Waals surface area contributed by atoms with E-state index in [1.54, 1.807) is 4.90 Å². The molecule has 0 unspecified atom stereocenters. The smallest absolute Gasteiger partial charge is 0.255 e. The van der Waals surface area contributed by atoms with Crippen molar-refractivity contribution in [2.24, 2.45) is 0 Å². The fourth-order valence-corrected chi connectivity index (χ4v) is 1.94. The van der Waals surface area contributed by atoms with Crippen LogP contribution in [-0.4, -0.2) is 28.9 Å². The summed E-state index contributed by atoms with van der Waals surface area (Å²) in [6, 6.07) is 1.52. The number of halogens is 2. The highest BCUT2D eigenvalue weighted by Gasteiger charge is 2.17. The molecule has 0 aliphatic heterocycles. The van der Waals surface area contributed by atoms with Crippen LogP contribution < -0.4 is 0 Å². The van der Waals surface area contributed by atoms with E-state index in [0.717, 1.165) is 25.9 Å². The van der Waals surface area contributed by atoms with Crippen LogP contribution >= 0.6 is 23.2 Å². The van der Waals surface area contributed by atoms with Crippen molar-refractivity contribution in [2.45, 2.75) is 26.7 Å². The predicted molar refractivity (Wildman–Crippen MR) is 70.7 cm³/mol. The second-order valence-electron chi connectivity index (χ2n) is 3.78. The van der Waals surface area contributed by atoms with Gasteiger partial charge in [0.15, 0.2) is 0 Å². The molecular formula is C12H16Cl2N2O. The minimum atomic E-state index is -0.0806. The van der Waals surface area contributed by atoms with Crippen molar-refractivity contribution in [3.8, 4) is 0 Å². The van der Waals surface area contributed by atoms with Gasteiger partial charge in [-0.05, 0) is 18.9 Å². The molecule has 0 atom stereocenters. The van der Waals surface area contributed by atoms with Gasteiger partial charge < -0.3 is 4.90 Å². The molecule has 94 valence electrons. The van der Waals surface area contributed by atoms with Crippen molar-refractivity contribution >= 4 is 29.1 Å². The molecule has 1 aromatic heterocycles. The summed E-state index contributed by atoms with van der Waals surface area (Å²) in [5.41, 5.74) is 0.425. The number of pyridine rings is 1. The van der Waals surface area contributed by atoms with Gasteiger partial charge in [0.2, 0.25) is 0 Å². The van der Waals surface area contributed by atoms with Gasteiger partial charge >= 0.3 is 0 Å². The number of amides is 1. The van der Waals surface area contributed by atoms with Crippen molar-refractivity contribution in [2.75, 3.05) is 13.1 Å². The highest BCUT2D eigenvalue weighted by molar-refractivity contribution is 6.35. The highest BCUT2D eigenvalue weighted by Crippen LogP contribution is 2.20. The van der Waals surface area contributed by atoms with Crippen LogP contribution in [0.25, 0.3) is 0 Å². The zero-order valence-electron chi connectivity index (χ0n) is 10.0. The molecule has 0 saturated heterocycles. The lowest BCUT2D eigenvalue weighted by atomic mass is 10.2. The zero-order chi connectivity index (χ0) is 12.8. The summed E-state index contributed by atoms with van der Waals surface area (Å²) >= 11 is 11.7. The largest absolute Gasteiger partial charge is 0.339 e. The van der Waals surface area contributed by atoms with Gasteiger partial charge in [0.25, 0.3) is 5.91 Å². The van der Waals surface area contributed by atoms with Crippen LogP contribution in [0.2, 0.25) is 10.2 Å². The standard InChI is InChI=1S/C12H16Cl2N2O/c1-3-5-16(6-4-2)12(17)9-7-11(14)15-8-10(9)13/h7-8H,3-6H2,1-2H3. The van der Waals surface area contributed by atoms with Crippen molar-refractivity contribution in [1.82, 2.24) is 9.88 Å². The third-order valence-corrected chi connectivity index (χ3v) is 2.83. The topological polar surface area (TPSA) is 33.2 Å². The van der Waals surface area contributed by atoms with E-state index >= 15 is 0 Å². The third kappa shape index (κ3) is 3.86. The molecule has 0 bridgehead atoms. The van der Waals surface area contributed by atoms with Crippen LogP contribution in [0, 0.1) is 0 Å². The summed E-state index contributed by atoms with van der Waals surface area (Å²) in [6.45, 7) is 5.53. The maximum absolute atomic E-state index is 12.3. The molecule has 1 rings (SSSR count). The predicted octanol–water partition coefficient (Wildman–Crippen LogP) is 3.65. The fraction of sp³-hybridized carbons (Fsp3) is 0.500. The SMILES string of the molecule is CCCN(CCC)C(=O)c1cc(Cl)ncc1Cl. The Morgan fingerprint density at radius 2 is 1.88 bits per heavy atom. The number of hydrogen-bond acceptors (Lipinski definition) is 2. The molecule has 1 aromatic rings. The Morgan fingerprint density at radius 1 is 1.29 bits per heavy atom. The molecule has 0 aliphatic rings. The molecule has 5 heteroatoms. The number of carbonyl (C=O) groups is 1. The maximum atomic E-state index is 12.3. The summed E-state index contributed by atoms with van der Waals surface area (Å²) in [6.07, 6.45) is 3.25. The summed E-state index contributed by atoms with van der Waals surface area (Å²) in [4.78, 5) is 17.9. The Labute approximate surface area is 112 Å². The summed E-state index contributed by atoms with van der Waals surface area (Å²) in [5.74, 6) is -0.0806. The number of carbonyl (C=O) groups excluding carboxylic acids is 1. The third-order valence-electron chi connectivity index (χ3n) is 2.33. The van der Waals surface area contributed by atoms with Gasteiger partial charge in [-0.3, -0.25) is 4.79 Å². The summed E-state index contributed by atoms with van der Waals surface area (Å²) in [5, 5.41) is 0.627. The Morgan fingerprint density at radius 3 is 2.41 bits per heavy atom. The lowest BCUT2D eigenvalue weighted by Gasteiger charge is -2.21. The van der Waals surface area contributed by atoms with E-state index in [9.17, 15) is 4.79 Å². The second kappa shape index (κ2) is 6.82. The first-order chi connectivity index (χ1) is 8.10. The monoisotopic (exact) mass is 274 g/mol. The quantitative estimate of drug-likeness (QED) is 0.768. The van der Waals surface area contributed by atoms with Crippen molar-refractivity contribution < 1.29 is 4.79 Å². The normalized spacial score (nSPS) is 10.4. The van der Waals surface area contributed by atoms with E-state index in [0.29, 0.717) is 10.6 Å². The number of rotatable bonds is 5. The van der Waals surface area contributed by atoms with E-state index in [-0.39, 0.29) is 11.1 Å². The van der Waals surface area contributed by atoms with Crippen LogP contribution in [0.5, 0.6) is 0 Å². The van der Waals surface area contributed by atoms with Gasteiger partial charge in [0.1, 0.15) is 5.15 Å². The van der Waals surface area contributed by atoms with Crippen LogP contribution in [-0.2, 0) is 0 Å². The minimum Gasteiger partial charge on any atom is -0.339 e. The van der Waals surface area contributed by atoms with Crippen molar-refractivity contribution in [1.29, 1.82) is 0 Å². The lowest BCUT2D eigenvalue weighted by molar-refractivity contribution is 0.0755. The van der Waals surface area contributed by atoms with E-state index in [1.807, 2.05) is 13.8 Å². The Hall–Kier alpha value is -0.800. The first kappa shape index (κ1) is 14.3. The van der Waals surface area contributed by atoms with Gasteiger partial charge in [-0.15, -0.1) is 0 Å². The second-order valence-corrected chi connectivity index (χ2v) is 4.57. The average molecular weight is 275 g/mol. The van der Waals surface area contributed by atoms with Gasteiger partial charge in [-0.25, -0.2) is 4.98 Å². The Balaban J connectivity index is 2.95. The fourth-order valence-electron chi connectivity index (χ4n) is 1.60. The first-order valence-electron chi connectivity index (χ1n) is 5.70. The molecule has 0 saturated carbocycles. The lowest BCUT2D eigenvalue weighted by Crippen LogP contribution is -2.32. The number of hydrogen-bond donors (Lipinski definition) is 0. The van der Waals surface area contributed by atoms with Crippen LogP contribution in [0.3, 0.4) is 0 Å². The van der Waals surface area contributed by atoms with E-state index < -0.39 is 0 Å². The number of aromatic nitrogens is 1. The average Bonchev–Trinajstić information content (AvgIpc) is 2.31. The molecule has 0 N–H and O–H groups in total. The van der Waals surface area contributed by atoms with Gasteiger partial charge in [0.05, 0.1) is 10.6 Å². The molecule has 3 nitrogen and oxygen atoms in total. The molecule has 0 fully saturated rings. The van der Waals surface area contributed by atoms with Gasteiger partial charge in [-0.2, -0.15) is 0 Å². The molecule has 1 heterocycles. The van der Waals surface area contributed by atoms with Gasteiger partial charge in [-0.1, -0.05) is 37.0 Å². The molecule has 17 heavy (non-hydrogen) atoms. The molecule has 0 radical (unpaired) electrons. The van der Waals surface area contributed by atoms with Crippen molar-refractivity contribution in [3.05, 3.63) is 28.0 Å². The molecule has 0 aromatic carbocycles. The van der Waals surface area contributed by atoms with Crippen LogP contribution in [0.4, 0.5) is 0 Å².